The van der Waals surface area contributed by atoms with Crippen LogP contribution in [0.5, 0.6) is 5.75 Å². The van der Waals surface area contributed by atoms with Crippen LogP contribution in [0.2, 0.25) is 0 Å². The number of hydrogen-bond acceptors (Lipinski definition) is 5. The van der Waals surface area contributed by atoms with Crippen LogP contribution in [0.25, 0.3) is 16.9 Å². The standard InChI is InChI=1S/C22H26N4O3/c1-22(2,15-8-9-15)25-21(27)18-12-23-26-16(13-28-3)11-19(24-20(18)26)14-6-5-7-17(10-14)29-4/h5-7,10-12,15H,8-9,13H2,1-4H3,(H,25,27). The number of aromatic nitrogens is 3. The number of fused-ring (bicyclic) bond motifs is 1. The van der Waals surface area contributed by atoms with Gasteiger partial charge in [-0.15, -0.1) is 0 Å². The van der Waals surface area contributed by atoms with Crippen molar-refractivity contribution in [2.75, 3.05) is 14.2 Å². The van der Waals surface area contributed by atoms with Crippen LogP contribution in [0.15, 0.2) is 36.5 Å². The summed E-state index contributed by atoms with van der Waals surface area (Å²) < 4.78 is 12.4. The summed E-state index contributed by atoms with van der Waals surface area (Å²) in [5.41, 5.74) is 3.18. The molecule has 152 valence electrons. The molecule has 2 aromatic heterocycles. The molecule has 1 fully saturated rings. The molecule has 0 bridgehead atoms. The highest BCUT2D eigenvalue weighted by Crippen LogP contribution is 2.39. The van der Waals surface area contributed by atoms with Gasteiger partial charge in [-0.3, -0.25) is 4.79 Å². The topological polar surface area (TPSA) is 77.8 Å². The van der Waals surface area contributed by atoms with Crippen LogP contribution in [-0.2, 0) is 11.3 Å². The molecule has 2 heterocycles. The SMILES string of the molecule is COCc1cc(-c2cccc(OC)c2)nc2c(C(=O)NC(C)(C)C3CC3)cnn12. The first kappa shape index (κ1) is 19.4. The Hall–Kier alpha value is -2.93. The van der Waals surface area contributed by atoms with Crippen molar-refractivity contribution in [3.8, 4) is 17.0 Å². The fraction of sp³-hybridized carbons (Fsp3) is 0.409. The number of carbonyl (C=O) groups is 1. The smallest absolute Gasteiger partial charge is 0.257 e. The number of carbonyl (C=O) groups excluding carboxylic acids is 1. The number of ether oxygens (including phenoxy) is 2. The maximum absolute atomic E-state index is 13.0. The summed E-state index contributed by atoms with van der Waals surface area (Å²) in [5, 5.41) is 7.56. The first-order chi connectivity index (χ1) is 13.9. The first-order valence-electron chi connectivity index (χ1n) is 9.76. The lowest BCUT2D eigenvalue weighted by Gasteiger charge is -2.25. The predicted molar refractivity (Wildman–Crippen MR) is 110 cm³/mol. The van der Waals surface area contributed by atoms with Gasteiger partial charge in [0.2, 0.25) is 0 Å². The van der Waals surface area contributed by atoms with Gasteiger partial charge in [-0.1, -0.05) is 12.1 Å². The molecular formula is C22H26N4O3. The fourth-order valence-corrected chi connectivity index (χ4v) is 3.63. The molecule has 1 aliphatic carbocycles. The minimum atomic E-state index is -0.245. The van der Waals surface area contributed by atoms with Gasteiger partial charge in [0, 0.05) is 18.2 Å². The predicted octanol–water partition coefficient (Wildman–Crippen LogP) is 3.47. The zero-order valence-electron chi connectivity index (χ0n) is 17.2. The molecular weight excluding hydrogens is 368 g/mol. The normalized spacial score (nSPS) is 14.2. The Morgan fingerprint density at radius 1 is 1.28 bits per heavy atom. The highest BCUT2D eigenvalue weighted by atomic mass is 16.5. The summed E-state index contributed by atoms with van der Waals surface area (Å²) >= 11 is 0. The van der Waals surface area contributed by atoms with Crippen LogP contribution < -0.4 is 10.1 Å². The third kappa shape index (κ3) is 3.82. The summed E-state index contributed by atoms with van der Waals surface area (Å²) in [4.78, 5) is 17.8. The minimum absolute atomic E-state index is 0.157. The third-order valence-corrected chi connectivity index (χ3v) is 5.48. The number of amides is 1. The van der Waals surface area contributed by atoms with Crippen LogP contribution in [0.4, 0.5) is 0 Å². The van der Waals surface area contributed by atoms with Gasteiger partial charge in [0.25, 0.3) is 5.91 Å². The molecule has 1 saturated carbocycles. The van der Waals surface area contributed by atoms with Crippen LogP contribution in [0, 0.1) is 5.92 Å². The van der Waals surface area contributed by atoms with Crippen molar-refractivity contribution in [2.45, 2.75) is 38.8 Å². The Labute approximate surface area is 170 Å². The van der Waals surface area contributed by atoms with E-state index in [1.165, 1.54) is 0 Å². The van der Waals surface area contributed by atoms with E-state index in [0.717, 1.165) is 35.5 Å². The van der Waals surface area contributed by atoms with Crippen molar-refractivity contribution in [2.24, 2.45) is 5.92 Å². The second-order valence-corrected chi connectivity index (χ2v) is 8.04. The van der Waals surface area contributed by atoms with Gasteiger partial charge in [-0.05, 0) is 50.8 Å². The molecule has 1 N–H and O–H groups in total. The van der Waals surface area contributed by atoms with E-state index in [9.17, 15) is 4.79 Å². The van der Waals surface area contributed by atoms with Gasteiger partial charge >= 0.3 is 0 Å². The third-order valence-electron chi connectivity index (χ3n) is 5.48. The van der Waals surface area contributed by atoms with Gasteiger partial charge < -0.3 is 14.8 Å². The molecule has 4 rings (SSSR count). The molecule has 0 aliphatic heterocycles. The highest BCUT2D eigenvalue weighted by molar-refractivity contribution is 6.00. The fourth-order valence-electron chi connectivity index (χ4n) is 3.63. The van der Waals surface area contributed by atoms with E-state index in [0.29, 0.717) is 23.7 Å². The van der Waals surface area contributed by atoms with E-state index in [1.54, 1.807) is 24.9 Å². The number of methoxy groups -OCH3 is 2. The molecule has 7 heteroatoms. The molecule has 29 heavy (non-hydrogen) atoms. The van der Waals surface area contributed by atoms with E-state index >= 15 is 0 Å². The molecule has 0 spiro atoms. The van der Waals surface area contributed by atoms with Crippen molar-refractivity contribution in [3.05, 3.63) is 47.8 Å². The average Bonchev–Trinajstić information content (AvgIpc) is 3.48. The van der Waals surface area contributed by atoms with Gasteiger partial charge in [-0.25, -0.2) is 9.50 Å². The summed E-state index contributed by atoms with van der Waals surface area (Å²) in [6.45, 7) is 4.49. The lowest BCUT2D eigenvalue weighted by Crippen LogP contribution is -2.45. The Morgan fingerprint density at radius 3 is 2.76 bits per heavy atom. The molecule has 7 nitrogen and oxygen atoms in total. The molecule has 0 saturated heterocycles. The lowest BCUT2D eigenvalue weighted by atomic mass is 9.98. The molecule has 0 radical (unpaired) electrons. The van der Waals surface area contributed by atoms with Gasteiger partial charge in [0.15, 0.2) is 5.65 Å². The maximum Gasteiger partial charge on any atom is 0.257 e. The van der Waals surface area contributed by atoms with Crippen LogP contribution >= 0.6 is 0 Å². The molecule has 1 amide bonds. The van der Waals surface area contributed by atoms with Gasteiger partial charge in [0.05, 0.1) is 31.3 Å². The van der Waals surface area contributed by atoms with E-state index in [-0.39, 0.29) is 11.4 Å². The Bertz CT molecular complexity index is 1050. The van der Waals surface area contributed by atoms with Gasteiger partial charge in [-0.2, -0.15) is 5.10 Å². The van der Waals surface area contributed by atoms with E-state index in [1.807, 2.05) is 30.3 Å². The monoisotopic (exact) mass is 394 g/mol. The van der Waals surface area contributed by atoms with Crippen LogP contribution in [0.3, 0.4) is 0 Å². The Kier molecular flexibility index (Phi) is 5.00. The minimum Gasteiger partial charge on any atom is -0.497 e. The van der Waals surface area contributed by atoms with Crippen molar-refractivity contribution in [1.29, 1.82) is 0 Å². The highest BCUT2D eigenvalue weighted by Gasteiger charge is 2.39. The van der Waals surface area contributed by atoms with E-state index < -0.39 is 0 Å². The summed E-state index contributed by atoms with van der Waals surface area (Å²) in [7, 11) is 3.26. The second-order valence-electron chi connectivity index (χ2n) is 8.04. The van der Waals surface area contributed by atoms with Crippen molar-refractivity contribution >= 4 is 11.6 Å². The lowest BCUT2D eigenvalue weighted by molar-refractivity contribution is 0.0905. The zero-order valence-corrected chi connectivity index (χ0v) is 17.2. The number of nitrogens with zero attached hydrogens (tertiary/aromatic N) is 3. The van der Waals surface area contributed by atoms with Gasteiger partial charge in [0.1, 0.15) is 11.3 Å². The zero-order chi connectivity index (χ0) is 20.6. The van der Waals surface area contributed by atoms with Crippen LogP contribution in [0.1, 0.15) is 42.7 Å². The van der Waals surface area contributed by atoms with E-state index in [4.69, 9.17) is 14.5 Å². The summed E-state index contributed by atoms with van der Waals surface area (Å²) in [5.74, 6) is 1.11. The largest absolute Gasteiger partial charge is 0.497 e. The molecule has 1 aromatic carbocycles. The number of hydrogen-bond donors (Lipinski definition) is 1. The van der Waals surface area contributed by atoms with Crippen molar-refractivity contribution < 1.29 is 14.3 Å². The van der Waals surface area contributed by atoms with E-state index in [2.05, 4.69) is 24.3 Å². The Morgan fingerprint density at radius 2 is 2.07 bits per heavy atom. The van der Waals surface area contributed by atoms with Crippen molar-refractivity contribution in [1.82, 2.24) is 19.9 Å². The summed E-state index contributed by atoms with van der Waals surface area (Å²) in [6, 6.07) is 9.61. The molecule has 3 aromatic rings. The molecule has 0 unspecified atom stereocenters. The Balaban J connectivity index is 1.78. The first-order valence-corrected chi connectivity index (χ1v) is 9.76. The maximum atomic E-state index is 13.0. The quantitative estimate of drug-likeness (QED) is 0.664. The molecule has 0 atom stereocenters. The van der Waals surface area contributed by atoms with Crippen molar-refractivity contribution in [3.63, 3.8) is 0 Å². The summed E-state index contributed by atoms with van der Waals surface area (Å²) in [6.07, 6.45) is 3.88. The molecule has 1 aliphatic rings. The number of nitrogens with one attached hydrogen (secondary N) is 1. The van der Waals surface area contributed by atoms with Crippen LogP contribution in [-0.4, -0.2) is 40.3 Å². The average molecular weight is 394 g/mol. The second kappa shape index (κ2) is 7.48. The number of rotatable bonds is 7. The number of benzene rings is 1.